The van der Waals surface area contributed by atoms with Gasteiger partial charge in [-0.15, -0.1) is 0 Å². The van der Waals surface area contributed by atoms with Gasteiger partial charge < -0.3 is 19.5 Å². The summed E-state index contributed by atoms with van der Waals surface area (Å²) in [6.07, 6.45) is 2.07. The molecule has 6 nitrogen and oxygen atoms in total. The highest BCUT2D eigenvalue weighted by molar-refractivity contribution is 5.71. The number of benzene rings is 1. The Hall–Kier alpha value is -2.24. The third-order valence-electron chi connectivity index (χ3n) is 3.79. The van der Waals surface area contributed by atoms with Gasteiger partial charge in [0.05, 0.1) is 6.61 Å². The van der Waals surface area contributed by atoms with Gasteiger partial charge in [0.25, 0.3) is 0 Å². The second-order valence-corrected chi connectivity index (χ2v) is 7.11. The van der Waals surface area contributed by atoms with E-state index >= 15 is 0 Å². The molecule has 25 heavy (non-hydrogen) atoms. The lowest BCUT2D eigenvalue weighted by Crippen LogP contribution is -2.41. The molecule has 1 N–H and O–H groups in total. The van der Waals surface area contributed by atoms with Crippen LogP contribution in [0.2, 0.25) is 0 Å². The third kappa shape index (κ3) is 6.29. The summed E-state index contributed by atoms with van der Waals surface area (Å²) in [6.45, 7) is 7.52. The summed E-state index contributed by atoms with van der Waals surface area (Å²) in [4.78, 5) is 23.3. The predicted octanol–water partition coefficient (Wildman–Crippen LogP) is 3.01. The molecule has 0 saturated heterocycles. The Morgan fingerprint density at radius 2 is 2.00 bits per heavy atom. The third-order valence-corrected chi connectivity index (χ3v) is 3.79. The van der Waals surface area contributed by atoms with Gasteiger partial charge in [0, 0.05) is 6.04 Å². The largest absolute Gasteiger partial charge is 0.482 e. The molecular formula is C19H27NO5. The highest BCUT2D eigenvalue weighted by Gasteiger charge is 2.23. The van der Waals surface area contributed by atoms with E-state index in [4.69, 9.17) is 14.2 Å². The van der Waals surface area contributed by atoms with Crippen molar-refractivity contribution in [3.63, 3.8) is 0 Å². The number of esters is 1. The molecule has 0 aromatic heterocycles. The maximum atomic E-state index is 11.9. The Labute approximate surface area is 148 Å². The molecule has 0 unspecified atom stereocenters. The van der Waals surface area contributed by atoms with E-state index in [1.807, 2.05) is 39.0 Å². The molecule has 0 saturated carbocycles. The van der Waals surface area contributed by atoms with Gasteiger partial charge in [0.15, 0.2) is 6.61 Å². The zero-order valence-corrected chi connectivity index (χ0v) is 15.4. The minimum absolute atomic E-state index is 0.0302. The van der Waals surface area contributed by atoms with Gasteiger partial charge >= 0.3 is 12.1 Å². The van der Waals surface area contributed by atoms with Crippen LogP contribution in [0.3, 0.4) is 0 Å². The molecule has 1 aromatic rings. The zero-order chi connectivity index (χ0) is 18.4. The normalized spacial score (nSPS) is 16.6. The maximum Gasteiger partial charge on any atom is 0.407 e. The molecular weight excluding hydrogens is 322 g/mol. The van der Waals surface area contributed by atoms with Crippen LogP contribution in [0.5, 0.6) is 5.75 Å². The monoisotopic (exact) mass is 349 g/mol. The molecule has 138 valence electrons. The summed E-state index contributed by atoms with van der Waals surface area (Å²) in [5, 5.41) is 2.93. The lowest BCUT2D eigenvalue weighted by molar-refractivity contribution is -0.145. The van der Waals surface area contributed by atoms with Crippen LogP contribution in [0.1, 0.15) is 45.2 Å². The van der Waals surface area contributed by atoms with Crippen LogP contribution in [0.25, 0.3) is 0 Å². The van der Waals surface area contributed by atoms with Crippen LogP contribution in [-0.4, -0.2) is 36.9 Å². The maximum absolute atomic E-state index is 11.9. The number of ether oxygens (including phenoxy) is 3. The van der Waals surface area contributed by atoms with Crippen molar-refractivity contribution in [2.24, 2.45) is 0 Å². The second-order valence-electron chi connectivity index (χ2n) is 7.11. The number of carbonyl (C=O) groups excluding carboxylic acids is 2. The van der Waals surface area contributed by atoms with Gasteiger partial charge in [-0.3, -0.25) is 0 Å². The van der Waals surface area contributed by atoms with Crippen molar-refractivity contribution in [1.29, 1.82) is 0 Å². The molecule has 0 radical (unpaired) electrons. The van der Waals surface area contributed by atoms with E-state index < -0.39 is 11.7 Å². The summed E-state index contributed by atoms with van der Waals surface area (Å²) in [6, 6.07) is 5.83. The van der Waals surface area contributed by atoms with E-state index in [9.17, 15) is 9.59 Å². The summed E-state index contributed by atoms with van der Waals surface area (Å²) >= 11 is 0. The molecule has 1 aromatic carbocycles. The minimum atomic E-state index is -0.509. The van der Waals surface area contributed by atoms with Gasteiger partial charge in [0.1, 0.15) is 11.4 Å². The van der Waals surface area contributed by atoms with E-state index in [1.54, 1.807) is 6.92 Å². The average molecular weight is 349 g/mol. The van der Waals surface area contributed by atoms with Crippen molar-refractivity contribution in [2.45, 2.75) is 58.6 Å². The van der Waals surface area contributed by atoms with Gasteiger partial charge in [0.2, 0.25) is 0 Å². The van der Waals surface area contributed by atoms with Crippen LogP contribution in [0, 0.1) is 0 Å². The number of alkyl carbamates (subject to hydrolysis) is 1. The number of aryl methyl sites for hydroxylation is 1. The number of hydrogen-bond donors (Lipinski definition) is 1. The fourth-order valence-corrected chi connectivity index (χ4v) is 2.77. The molecule has 2 rings (SSSR count). The quantitative estimate of drug-likeness (QED) is 0.827. The summed E-state index contributed by atoms with van der Waals surface area (Å²) in [5.41, 5.74) is 1.85. The van der Waals surface area contributed by atoms with Crippen molar-refractivity contribution >= 4 is 12.1 Å². The Balaban J connectivity index is 1.93. The van der Waals surface area contributed by atoms with E-state index in [0.717, 1.165) is 18.4 Å². The van der Waals surface area contributed by atoms with E-state index in [2.05, 4.69) is 5.32 Å². The van der Waals surface area contributed by atoms with Crippen molar-refractivity contribution < 1.29 is 23.8 Å². The zero-order valence-electron chi connectivity index (χ0n) is 15.4. The Bertz CT molecular complexity index is 621. The molecule has 0 bridgehead atoms. The first-order valence-corrected chi connectivity index (χ1v) is 8.66. The second kappa shape index (κ2) is 8.23. The SMILES string of the molecule is CCOC(=O)COc1ccc2c(c1)C[C@H](NC(=O)OC(C)(C)C)CC2. The molecule has 1 aliphatic carbocycles. The number of fused-ring (bicyclic) bond motifs is 1. The number of rotatable bonds is 5. The number of amides is 1. The van der Waals surface area contributed by atoms with Gasteiger partial charge in [-0.25, -0.2) is 9.59 Å². The predicted molar refractivity (Wildman–Crippen MR) is 93.8 cm³/mol. The number of nitrogens with one attached hydrogen (secondary N) is 1. The van der Waals surface area contributed by atoms with Crippen molar-refractivity contribution in [3.8, 4) is 5.75 Å². The molecule has 1 aliphatic rings. The average Bonchev–Trinajstić information content (AvgIpc) is 2.51. The minimum Gasteiger partial charge on any atom is -0.482 e. The smallest absolute Gasteiger partial charge is 0.407 e. The van der Waals surface area contributed by atoms with Crippen molar-refractivity contribution in [3.05, 3.63) is 29.3 Å². The highest BCUT2D eigenvalue weighted by Crippen LogP contribution is 2.26. The summed E-state index contributed by atoms with van der Waals surface area (Å²) in [7, 11) is 0. The Morgan fingerprint density at radius 3 is 2.68 bits per heavy atom. The standard InChI is InChI=1S/C19H27NO5/c1-5-23-17(21)12-24-16-9-7-13-6-8-15(10-14(13)11-16)20-18(22)25-19(2,3)4/h7,9,11,15H,5-6,8,10,12H2,1-4H3,(H,20,22)/t15-/m1/s1. The first-order chi connectivity index (χ1) is 11.8. The molecule has 1 atom stereocenters. The molecule has 0 aliphatic heterocycles. The lowest BCUT2D eigenvalue weighted by atomic mass is 9.88. The number of carbonyl (C=O) groups is 2. The fourth-order valence-electron chi connectivity index (χ4n) is 2.77. The van der Waals surface area contributed by atoms with Crippen LogP contribution < -0.4 is 10.1 Å². The Morgan fingerprint density at radius 1 is 1.24 bits per heavy atom. The van der Waals surface area contributed by atoms with E-state index in [-0.39, 0.29) is 18.6 Å². The molecule has 0 fully saturated rings. The molecule has 0 spiro atoms. The van der Waals surface area contributed by atoms with Crippen LogP contribution in [0.15, 0.2) is 18.2 Å². The van der Waals surface area contributed by atoms with Crippen LogP contribution in [0.4, 0.5) is 4.79 Å². The molecule has 6 heteroatoms. The Kier molecular flexibility index (Phi) is 6.28. The van der Waals surface area contributed by atoms with E-state index in [0.29, 0.717) is 18.8 Å². The lowest BCUT2D eigenvalue weighted by Gasteiger charge is -2.27. The van der Waals surface area contributed by atoms with Crippen molar-refractivity contribution in [2.75, 3.05) is 13.2 Å². The highest BCUT2D eigenvalue weighted by atomic mass is 16.6. The van der Waals surface area contributed by atoms with Crippen LogP contribution >= 0.6 is 0 Å². The first-order valence-electron chi connectivity index (χ1n) is 8.66. The number of hydrogen-bond acceptors (Lipinski definition) is 5. The summed E-state index contributed by atoms with van der Waals surface area (Å²) < 4.78 is 15.6. The van der Waals surface area contributed by atoms with E-state index in [1.165, 1.54) is 5.56 Å². The molecule has 1 amide bonds. The van der Waals surface area contributed by atoms with Gasteiger partial charge in [-0.05, 0) is 70.2 Å². The van der Waals surface area contributed by atoms with Gasteiger partial charge in [-0.1, -0.05) is 6.07 Å². The summed E-state index contributed by atoms with van der Waals surface area (Å²) in [5.74, 6) is 0.245. The fraction of sp³-hybridized carbons (Fsp3) is 0.579. The topological polar surface area (TPSA) is 73.9 Å². The van der Waals surface area contributed by atoms with Crippen molar-refractivity contribution in [1.82, 2.24) is 5.32 Å². The van der Waals surface area contributed by atoms with Crippen LogP contribution in [-0.2, 0) is 27.1 Å². The molecule has 0 heterocycles. The van der Waals surface area contributed by atoms with Gasteiger partial charge in [-0.2, -0.15) is 0 Å². The first kappa shape index (κ1) is 19.1.